The molecule has 256 valence electrons. The van der Waals surface area contributed by atoms with Crippen LogP contribution in [0.5, 0.6) is 0 Å². The average Bonchev–Trinajstić information content (AvgIpc) is 3.66. The van der Waals surface area contributed by atoms with E-state index < -0.39 is 0 Å². The van der Waals surface area contributed by atoms with Crippen molar-refractivity contribution in [2.24, 2.45) is 51.5 Å². The molecule has 10 atom stereocenters. The van der Waals surface area contributed by atoms with E-state index in [4.69, 9.17) is 0 Å². The Kier molecular flexibility index (Phi) is 11.4. The highest BCUT2D eigenvalue weighted by Crippen LogP contribution is 2.66. The van der Waals surface area contributed by atoms with Crippen LogP contribution in [0.25, 0.3) is 0 Å². The van der Waals surface area contributed by atoms with Gasteiger partial charge in [-0.05, 0) is 105 Å². The molecule has 3 aliphatic carbocycles. The monoisotopic (exact) mass is 644 g/mol. The molecule has 5 rings (SSSR count). The van der Waals surface area contributed by atoms with E-state index in [1.807, 2.05) is 23.7 Å². The fourth-order valence-electron chi connectivity index (χ4n) is 11.1. The smallest absolute Gasteiger partial charge is 0.315 e. The Hall–Kier alpha value is -1.44. The number of fused-ring (bicyclic) bond motifs is 4. The number of hydrogen-bond acceptors (Lipinski definition) is 5. The molecule has 3 saturated carbocycles. The van der Waals surface area contributed by atoms with Crippen molar-refractivity contribution in [2.45, 2.75) is 148 Å². The molecule has 8 heteroatoms. The zero-order valence-corrected chi connectivity index (χ0v) is 30.1. The van der Waals surface area contributed by atoms with Gasteiger partial charge in [0.2, 0.25) is 5.91 Å². The highest BCUT2D eigenvalue weighted by molar-refractivity contribution is 8.00. The van der Waals surface area contributed by atoms with Crippen molar-refractivity contribution < 1.29 is 14.8 Å². The Morgan fingerprint density at radius 1 is 1.04 bits per heavy atom. The summed E-state index contributed by atoms with van der Waals surface area (Å²) in [5.41, 5.74) is 1.39. The Morgan fingerprint density at radius 2 is 1.84 bits per heavy atom. The van der Waals surface area contributed by atoms with Crippen LogP contribution in [0.3, 0.4) is 0 Å². The fourth-order valence-corrected chi connectivity index (χ4v) is 12.6. The molecule has 3 unspecified atom stereocenters. The zero-order chi connectivity index (χ0) is 32.4. The van der Waals surface area contributed by atoms with E-state index in [2.05, 4.69) is 50.4 Å². The maximum absolute atomic E-state index is 13.0. The molecular formula is C37H64N4O3S. The van der Waals surface area contributed by atoms with Gasteiger partial charge in [-0.25, -0.2) is 4.79 Å². The number of hydrogen-bond donors (Lipinski definition) is 3. The molecular weight excluding hydrogens is 580 g/mol. The molecule has 0 aromatic heterocycles. The van der Waals surface area contributed by atoms with E-state index in [9.17, 15) is 14.8 Å². The van der Waals surface area contributed by atoms with Gasteiger partial charge in [0.1, 0.15) is 0 Å². The summed E-state index contributed by atoms with van der Waals surface area (Å²) < 4.78 is 0. The van der Waals surface area contributed by atoms with E-state index >= 15 is 0 Å². The van der Waals surface area contributed by atoms with Gasteiger partial charge in [-0.15, -0.1) is 0 Å². The van der Waals surface area contributed by atoms with Crippen molar-refractivity contribution in [2.75, 3.05) is 19.3 Å². The lowest BCUT2D eigenvalue weighted by atomic mass is 9.47. The molecule has 0 aromatic rings. The Balaban J connectivity index is 1.09. The molecule has 0 radical (unpaired) electrons. The highest BCUT2D eigenvalue weighted by atomic mass is 32.2. The second-order valence-corrected chi connectivity index (χ2v) is 18.0. The van der Waals surface area contributed by atoms with E-state index in [-0.39, 0.29) is 29.4 Å². The van der Waals surface area contributed by atoms with Crippen LogP contribution in [-0.2, 0) is 4.79 Å². The van der Waals surface area contributed by atoms with Gasteiger partial charge in [0, 0.05) is 36.4 Å². The van der Waals surface area contributed by atoms with Crippen LogP contribution in [0.1, 0.15) is 131 Å². The molecule has 0 spiro atoms. The Morgan fingerprint density at radius 3 is 2.60 bits per heavy atom. The largest absolute Gasteiger partial charge is 0.411 e. The lowest BCUT2D eigenvalue weighted by Gasteiger charge is -2.57. The van der Waals surface area contributed by atoms with Crippen LogP contribution in [0.2, 0.25) is 0 Å². The SMILES string of the molecule is CC(C)CCC[C@@H](C)[C@H]1CCC2C3CC/C(=N/O)[C@](C)(CCCN(C)C(=O)CCCC[C@@H]4SC[C@@H]5NC(=O)N[C@@H]54)C3CC[C@@]21C. The number of carbonyl (C=O) groups is 2. The van der Waals surface area contributed by atoms with E-state index in [1.54, 1.807) is 0 Å². The van der Waals surface area contributed by atoms with Crippen molar-refractivity contribution in [1.82, 2.24) is 15.5 Å². The highest BCUT2D eigenvalue weighted by Gasteiger charge is 2.59. The third kappa shape index (κ3) is 7.36. The van der Waals surface area contributed by atoms with Gasteiger partial charge in [0.05, 0.1) is 17.8 Å². The van der Waals surface area contributed by atoms with Crippen molar-refractivity contribution in [3.8, 4) is 0 Å². The van der Waals surface area contributed by atoms with Gasteiger partial charge in [-0.2, -0.15) is 11.8 Å². The lowest BCUT2D eigenvalue weighted by Crippen LogP contribution is -2.52. The number of unbranched alkanes of at least 4 members (excludes halogenated alkanes) is 1. The van der Waals surface area contributed by atoms with E-state index in [1.165, 1.54) is 51.4 Å². The first-order chi connectivity index (χ1) is 21.5. The molecule has 3 amide bonds. The van der Waals surface area contributed by atoms with Gasteiger partial charge < -0.3 is 20.7 Å². The minimum Gasteiger partial charge on any atom is -0.411 e. The first-order valence-electron chi connectivity index (χ1n) is 18.6. The summed E-state index contributed by atoms with van der Waals surface area (Å²) in [7, 11) is 1.96. The minimum atomic E-state index is -0.0782. The van der Waals surface area contributed by atoms with Gasteiger partial charge in [-0.1, -0.05) is 65.5 Å². The maximum atomic E-state index is 13.0. The number of oxime groups is 1. The van der Waals surface area contributed by atoms with Crippen LogP contribution in [0.4, 0.5) is 4.79 Å². The van der Waals surface area contributed by atoms with Crippen LogP contribution in [0.15, 0.2) is 5.16 Å². The zero-order valence-electron chi connectivity index (χ0n) is 29.3. The van der Waals surface area contributed by atoms with Crippen molar-refractivity contribution >= 4 is 29.4 Å². The van der Waals surface area contributed by atoms with Crippen molar-refractivity contribution in [3.63, 3.8) is 0 Å². The van der Waals surface area contributed by atoms with Gasteiger partial charge in [0.15, 0.2) is 0 Å². The molecule has 45 heavy (non-hydrogen) atoms. The summed E-state index contributed by atoms with van der Waals surface area (Å²) >= 11 is 1.94. The summed E-state index contributed by atoms with van der Waals surface area (Å²) in [6.07, 6.45) is 17.0. The molecule has 3 N–H and O–H groups in total. The third-order valence-electron chi connectivity index (χ3n) is 13.6. The van der Waals surface area contributed by atoms with Crippen molar-refractivity contribution in [1.29, 1.82) is 0 Å². The number of urea groups is 1. The minimum absolute atomic E-state index is 0.0336. The molecule has 5 aliphatic rings. The molecule has 5 fully saturated rings. The number of rotatable bonds is 14. The van der Waals surface area contributed by atoms with Crippen LogP contribution >= 0.6 is 11.8 Å². The van der Waals surface area contributed by atoms with Gasteiger partial charge in [0.25, 0.3) is 0 Å². The quantitative estimate of drug-likeness (QED) is 0.0771. The number of nitrogens with zero attached hydrogens (tertiary/aromatic N) is 2. The molecule has 2 heterocycles. The molecule has 0 bridgehead atoms. The molecule has 0 aromatic carbocycles. The van der Waals surface area contributed by atoms with E-state index in [0.717, 1.165) is 86.1 Å². The predicted molar refractivity (Wildman–Crippen MR) is 186 cm³/mol. The van der Waals surface area contributed by atoms with Crippen LogP contribution in [-0.4, -0.2) is 64.4 Å². The summed E-state index contributed by atoms with van der Waals surface area (Å²) in [6.45, 7) is 13.0. The number of carbonyl (C=O) groups excluding carboxylic acids is 2. The fraction of sp³-hybridized carbons (Fsp3) is 0.919. The number of thioether (sulfide) groups is 1. The van der Waals surface area contributed by atoms with Crippen LogP contribution < -0.4 is 10.6 Å². The molecule has 2 aliphatic heterocycles. The lowest BCUT2D eigenvalue weighted by molar-refractivity contribution is -0.130. The Bertz CT molecular complexity index is 1070. The second kappa shape index (κ2) is 14.8. The maximum Gasteiger partial charge on any atom is 0.315 e. The molecule has 2 saturated heterocycles. The summed E-state index contributed by atoms with van der Waals surface area (Å²) in [5, 5.41) is 20.6. The van der Waals surface area contributed by atoms with Crippen molar-refractivity contribution in [3.05, 3.63) is 0 Å². The van der Waals surface area contributed by atoms with E-state index in [0.29, 0.717) is 23.0 Å². The first-order valence-corrected chi connectivity index (χ1v) is 19.7. The summed E-state index contributed by atoms with van der Waals surface area (Å²) in [6, 6.07) is 0.471. The average molecular weight is 645 g/mol. The number of amides is 3. The Labute approximate surface area is 278 Å². The summed E-state index contributed by atoms with van der Waals surface area (Å²) in [4.78, 5) is 26.6. The van der Waals surface area contributed by atoms with Gasteiger partial charge >= 0.3 is 6.03 Å². The first kappa shape index (κ1) is 34.9. The van der Waals surface area contributed by atoms with Crippen LogP contribution in [0, 0.1) is 46.3 Å². The topological polar surface area (TPSA) is 94.0 Å². The second-order valence-electron chi connectivity index (χ2n) is 16.7. The third-order valence-corrected chi connectivity index (χ3v) is 15.1. The van der Waals surface area contributed by atoms with Gasteiger partial charge in [-0.3, -0.25) is 4.79 Å². The number of nitrogens with one attached hydrogen (secondary N) is 2. The summed E-state index contributed by atoms with van der Waals surface area (Å²) in [5.74, 6) is 5.80. The normalized spacial score (nSPS) is 38.9. The standard InChI is InChI=1S/C37H64N4O3S/c1-24(2)11-9-12-25(3)27-16-17-28-26-15-18-32(40-44)37(5,29(26)19-21-36(27,28)4)20-10-22-41(6)33(42)14-8-7-13-31-34-30(23-45-31)38-35(43)39-34/h24-31,34,44H,7-23H2,1-6H3,(H2,38,39,43)/b40-32-/t25-,26?,27-,28?,29?,30+,31+,34+,36-,37-/m1/s1. The molecule has 7 nitrogen and oxygen atoms in total. The predicted octanol–water partition coefficient (Wildman–Crippen LogP) is 8.10.